The molecule has 2 aliphatic heterocycles. The minimum absolute atomic E-state index is 0. The van der Waals surface area contributed by atoms with Gasteiger partial charge in [0.15, 0.2) is 5.96 Å². The van der Waals surface area contributed by atoms with Crippen LogP contribution in [-0.4, -0.2) is 84.8 Å². The molecule has 158 valence electrons. The van der Waals surface area contributed by atoms with E-state index in [0.717, 1.165) is 51.6 Å². The Balaban J connectivity index is 0.00000261. The highest BCUT2D eigenvalue weighted by molar-refractivity contribution is 14.0. The van der Waals surface area contributed by atoms with E-state index >= 15 is 0 Å². The molecule has 3 aliphatic rings. The Hall–Kier alpha value is 0.270. The van der Waals surface area contributed by atoms with Crippen LogP contribution in [0.3, 0.4) is 0 Å². The maximum Gasteiger partial charge on any atom is 0.193 e. The molecular weight excluding hydrogens is 471 g/mol. The summed E-state index contributed by atoms with van der Waals surface area (Å²) < 4.78 is 5.81. The largest absolute Gasteiger partial charge is 0.378 e. The normalized spacial score (nSPS) is 24.7. The van der Waals surface area contributed by atoms with E-state index in [-0.39, 0.29) is 24.0 Å². The molecule has 1 N–H and O–H groups in total. The number of guanidine groups is 1. The number of nitrogens with one attached hydrogen (secondary N) is 1. The summed E-state index contributed by atoms with van der Waals surface area (Å²) in [5.74, 6) is 3.70. The zero-order chi connectivity index (χ0) is 18.2. The fraction of sp³-hybridized carbons (Fsp3) is 0.950. The first-order valence-corrected chi connectivity index (χ1v) is 11.9. The molecule has 0 atom stereocenters. The molecule has 0 amide bonds. The van der Waals surface area contributed by atoms with E-state index in [0.29, 0.717) is 11.6 Å². The molecule has 0 radical (unpaired) electrons. The average Bonchev–Trinajstić information content (AvgIpc) is 3.17. The van der Waals surface area contributed by atoms with Gasteiger partial charge >= 0.3 is 0 Å². The summed E-state index contributed by atoms with van der Waals surface area (Å²) in [6.07, 6.45) is 8.07. The third kappa shape index (κ3) is 6.37. The van der Waals surface area contributed by atoms with E-state index < -0.39 is 0 Å². The Morgan fingerprint density at radius 2 is 1.78 bits per heavy atom. The molecule has 0 aromatic rings. The van der Waals surface area contributed by atoms with Gasteiger partial charge in [0.2, 0.25) is 0 Å². The molecule has 7 heteroatoms. The van der Waals surface area contributed by atoms with Crippen molar-refractivity contribution in [3.05, 3.63) is 0 Å². The molecular formula is C20H39IN4OS. The van der Waals surface area contributed by atoms with E-state index in [2.05, 4.69) is 40.7 Å². The number of nitrogens with zero attached hydrogens (tertiary/aromatic N) is 3. The first-order chi connectivity index (χ1) is 12.8. The second kappa shape index (κ2) is 12.1. The highest BCUT2D eigenvalue weighted by Crippen LogP contribution is 2.37. The molecule has 1 aliphatic carbocycles. The first-order valence-electron chi connectivity index (χ1n) is 10.7. The maximum atomic E-state index is 5.81. The van der Waals surface area contributed by atoms with Gasteiger partial charge in [-0.3, -0.25) is 9.89 Å². The fourth-order valence-electron chi connectivity index (χ4n) is 4.76. The molecule has 1 saturated carbocycles. The van der Waals surface area contributed by atoms with Gasteiger partial charge in [0.25, 0.3) is 0 Å². The summed E-state index contributed by atoms with van der Waals surface area (Å²) >= 11 is 2.11. The van der Waals surface area contributed by atoms with Crippen molar-refractivity contribution in [2.24, 2.45) is 4.99 Å². The molecule has 0 bridgehead atoms. The van der Waals surface area contributed by atoms with Crippen LogP contribution in [0.1, 0.15) is 52.4 Å². The van der Waals surface area contributed by atoms with Crippen molar-refractivity contribution in [1.82, 2.24) is 15.1 Å². The number of thioether (sulfide) groups is 1. The summed E-state index contributed by atoms with van der Waals surface area (Å²) in [5, 5.41) is 3.56. The molecule has 2 heterocycles. The van der Waals surface area contributed by atoms with Crippen molar-refractivity contribution in [3.63, 3.8) is 0 Å². The molecule has 5 nitrogen and oxygen atoms in total. The number of piperidine rings is 1. The van der Waals surface area contributed by atoms with E-state index in [9.17, 15) is 0 Å². The van der Waals surface area contributed by atoms with Crippen molar-refractivity contribution in [2.75, 3.05) is 57.4 Å². The van der Waals surface area contributed by atoms with Gasteiger partial charge in [-0.05, 0) is 39.5 Å². The van der Waals surface area contributed by atoms with E-state index in [1.165, 1.54) is 50.3 Å². The van der Waals surface area contributed by atoms with Crippen LogP contribution in [-0.2, 0) is 4.74 Å². The number of aliphatic imine (C=N–C) groups is 1. The van der Waals surface area contributed by atoms with Gasteiger partial charge in [-0.2, -0.15) is 11.8 Å². The number of hydrogen-bond acceptors (Lipinski definition) is 4. The van der Waals surface area contributed by atoms with Gasteiger partial charge < -0.3 is 15.0 Å². The van der Waals surface area contributed by atoms with Crippen LogP contribution in [0.15, 0.2) is 4.99 Å². The number of likely N-dealkylation sites (tertiary alicyclic amines) is 1. The van der Waals surface area contributed by atoms with Crippen molar-refractivity contribution in [2.45, 2.75) is 64.0 Å². The maximum absolute atomic E-state index is 5.81. The zero-order valence-corrected chi connectivity index (χ0v) is 20.4. The third-order valence-corrected chi connectivity index (χ3v) is 7.16. The Morgan fingerprint density at radius 3 is 2.37 bits per heavy atom. The second-order valence-corrected chi connectivity index (χ2v) is 9.07. The zero-order valence-electron chi connectivity index (χ0n) is 17.3. The number of hydrogen-bond donors (Lipinski definition) is 1. The highest BCUT2D eigenvalue weighted by atomic mass is 127. The lowest BCUT2D eigenvalue weighted by atomic mass is 9.95. The van der Waals surface area contributed by atoms with Crippen molar-refractivity contribution >= 4 is 41.7 Å². The fourth-order valence-corrected chi connectivity index (χ4v) is 5.67. The van der Waals surface area contributed by atoms with E-state index in [1.54, 1.807) is 0 Å². The quantitative estimate of drug-likeness (QED) is 0.337. The lowest BCUT2D eigenvalue weighted by Crippen LogP contribution is -2.53. The molecule has 0 aromatic carbocycles. The van der Waals surface area contributed by atoms with Crippen LogP contribution >= 0.6 is 35.7 Å². The average molecular weight is 511 g/mol. The standard InChI is InChI=1S/C20H38N4OS.HI/c1-3-21-19(23-11-7-18(8-12-23)25-4-2)22-17-20(9-5-6-10-20)24-13-15-26-16-14-24;/h18H,3-17H2,1-2H3,(H,21,22);1H. The Kier molecular flexibility index (Phi) is 10.5. The molecule has 2 saturated heterocycles. The third-order valence-electron chi connectivity index (χ3n) is 6.22. The van der Waals surface area contributed by atoms with E-state index in [1.807, 2.05) is 0 Å². The SMILES string of the molecule is CCNC(=NCC1(N2CCSCC2)CCCC1)N1CCC(OCC)CC1.I. The number of halogens is 1. The Labute approximate surface area is 187 Å². The van der Waals surface area contributed by atoms with Crippen molar-refractivity contribution in [3.8, 4) is 0 Å². The van der Waals surface area contributed by atoms with Crippen molar-refractivity contribution in [1.29, 1.82) is 0 Å². The second-order valence-electron chi connectivity index (χ2n) is 7.84. The van der Waals surface area contributed by atoms with Crippen molar-refractivity contribution < 1.29 is 4.74 Å². The van der Waals surface area contributed by atoms with Gasteiger partial charge in [0.05, 0.1) is 12.6 Å². The minimum atomic E-state index is 0. The summed E-state index contributed by atoms with van der Waals surface area (Å²) in [6, 6.07) is 0. The number of ether oxygens (including phenoxy) is 1. The first kappa shape index (κ1) is 23.5. The molecule has 0 spiro atoms. The Bertz CT molecular complexity index is 445. The van der Waals surface area contributed by atoms with Crippen LogP contribution in [0.4, 0.5) is 0 Å². The Morgan fingerprint density at radius 1 is 1.11 bits per heavy atom. The van der Waals surface area contributed by atoms with Gasteiger partial charge in [0, 0.05) is 56.4 Å². The monoisotopic (exact) mass is 510 g/mol. The smallest absolute Gasteiger partial charge is 0.193 e. The summed E-state index contributed by atoms with van der Waals surface area (Å²) in [5.41, 5.74) is 0.325. The highest BCUT2D eigenvalue weighted by Gasteiger charge is 2.40. The van der Waals surface area contributed by atoms with Gasteiger partial charge in [-0.15, -0.1) is 24.0 Å². The van der Waals surface area contributed by atoms with Gasteiger partial charge in [-0.25, -0.2) is 0 Å². The molecule has 3 fully saturated rings. The van der Waals surface area contributed by atoms with Crippen LogP contribution in [0.5, 0.6) is 0 Å². The van der Waals surface area contributed by atoms with Crippen LogP contribution in [0.25, 0.3) is 0 Å². The molecule has 0 aromatic heterocycles. The van der Waals surface area contributed by atoms with E-state index in [4.69, 9.17) is 9.73 Å². The predicted octanol–water partition coefficient (Wildman–Crippen LogP) is 3.43. The van der Waals surface area contributed by atoms with Gasteiger partial charge in [0.1, 0.15) is 0 Å². The summed E-state index contributed by atoms with van der Waals surface area (Å²) in [7, 11) is 0. The lowest BCUT2D eigenvalue weighted by Gasteiger charge is -2.43. The molecule has 3 rings (SSSR count). The molecule has 0 unspecified atom stereocenters. The molecule has 27 heavy (non-hydrogen) atoms. The number of rotatable bonds is 6. The summed E-state index contributed by atoms with van der Waals surface area (Å²) in [4.78, 5) is 10.4. The minimum Gasteiger partial charge on any atom is -0.378 e. The van der Waals surface area contributed by atoms with Crippen LogP contribution in [0, 0.1) is 0 Å². The van der Waals surface area contributed by atoms with Gasteiger partial charge in [-0.1, -0.05) is 12.8 Å². The summed E-state index contributed by atoms with van der Waals surface area (Å²) in [6.45, 7) is 11.6. The lowest BCUT2D eigenvalue weighted by molar-refractivity contribution is 0.0262. The van der Waals surface area contributed by atoms with Crippen LogP contribution < -0.4 is 5.32 Å². The topological polar surface area (TPSA) is 40.1 Å². The predicted molar refractivity (Wildman–Crippen MR) is 128 cm³/mol. The van der Waals surface area contributed by atoms with Crippen LogP contribution in [0.2, 0.25) is 0 Å².